The predicted molar refractivity (Wildman–Crippen MR) is 62.7 cm³/mol. The number of nitrogens with one attached hydrogen (secondary N) is 1. The molecule has 0 aliphatic rings. The summed E-state index contributed by atoms with van der Waals surface area (Å²) in [6.07, 6.45) is -0.305. The molecule has 5 nitrogen and oxygen atoms in total. The average Bonchev–Trinajstić information content (AvgIpc) is 2.58. The van der Waals surface area contributed by atoms with E-state index in [1.54, 1.807) is 0 Å². The van der Waals surface area contributed by atoms with E-state index in [2.05, 4.69) is 5.10 Å². The van der Waals surface area contributed by atoms with Crippen molar-refractivity contribution in [2.45, 2.75) is 6.42 Å². The number of nitrogens with zero attached hydrogens (tertiary/aromatic N) is 1. The fourth-order valence-electron chi connectivity index (χ4n) is 1.54. The van der Waals surface area contributed by atoms with Crippen LogP contribution in [0.15, 0.2) is 29.1 Å². The van der Waals surface area contributed by atoms with Crippen LogP contribution in [0.5, 0.6) is 0 Å². The number of rotatable bonds is 3. The maximum Gasteiger partial charge on any atom is 0.309 e. The number of aromatic nitrogens is 2. The summed E-state index contributed by atoms with van der Waals surface area (Å²) in [7, 11) is 0. The Kier molecular flexibility index (Phi) is 3.20. The average molecular weight is 271 g/mol. The quantitative estimate of drug-likeness (QED) is 0.889. The lowest BCUT2D eigenvalue weighted by atomic mass is 10.3. The van der Waals surface area contributed by atoms with E-state index in [1.165, 1.54) is 6.07 Å². The van der Waals surface area contributed by atoms with Gasteiger partial charge in [-0.1, -0.05) is 11.6 Å². The van der Waals surface area contributed by atoms with Crippen LogP contribution in [0, 0.1) is 5.82 Å². The fourth-order valence-corrected chi connectivity index (χ4v) is 1.79. The van der Waals surface area contributed by atoms with Crippen molar-refractivity contribution in [3.63, 3.8) is 0 Å². The van der Waals surface area contributed by atoms with E-state index in [0.717, 1.165) is 22.9 Å². The number of carboxylic acid groups (broad SMARTS) is 1. The molecule has 1 aromatic carbocycles. The van der Waals surface area contributed by atoms with Crippen molar-refractivity contribution in [2.75, 3.05) is 0 Å². The number of carboxylic acids is 1. The molecular weight excluding hydrogens is 263 g/mol. The first kappa shape index (κ1) is 12.4. The third kappa shape index (κ3) is 2.43. The lowest BCUT2D eigenvalue weighted by Crippen LogP contribution is -2.13. The molecule has 2 N–H and O–H groups in total. The maximum absolute atomic E-state index is 12.9. The van der Waals surface area contributed by atoms with E-state index in [0.29, 0.717) is 0 Å². The van der Waals surface area contributed by atoms with Crippen molar-refractivity contribution < 1.29 is 14.3 Å². The Hall–Kier alpha value is -2.08. The zero-order chi connectivity index (χ0) is 13.3. The van der Waals surface area contributed by atoms with Gasteiger partial charge in [0.2, 0.25) is 0 Å². The first-order chi connectivity index (χ1) is 8.47. The van der Waals surface area contributed by atoms with E-state index in [9.17, 15) is 14.0 Å². The van der Waals surface area contributed by atoms with Gasteiger partial charge in [0.1, 0.15) is 5.82 Å². The summed E-state index contributed by atoms with van der Waals surface area (Å²) in [5, 5.41) is 11.3. The third-order valence-corrected chi connectivity index (χ3v) is 2.57. The SMILES string of the molecule is O=C(O)Cc1cc(=O)n(-c2ccc(F)cc2Cl)[nH]1. The van der Waals surface area contributed by atoms with Gasteiger partial charge in [0, 0.05) is 11.8 Å². The number of hydrogen-bond donors (Lipinski definition) is 2. The monoisotopic (exact) mass is 270 g/mol. The molecule has 0 spiro atoms. The highest BCUT2D eigenvalue weighted by Gasteiger charge is 2.11. The lowest BCUT2D eigenvalue weighted by molar-refractivity contribution is -0.136. The van der Waals surface area contributed by atoms with Crippen LogP contribution >= 0.6 is 11.6 Å². The fraction of sp³-hybridized carbons (Fsp3) is 0.0909. The number of benzene rings is 1. The second-order valence-corrected chi connectivity index (χ2v) is 4.03. The normalized spacial score (nSPS) is 10.6. The zero-order valence-electron chi connectivity index (χ0n) is 8.98. The predicted octanol–water partition coefficient (Wildman–Crippen LogP) is 1.59. The van der Waals surface area contributed by atoms with Gasteiger partial charge in [0.15, 0.2) is 0 Å². The van der Waals surface area contributed by atoms with Crippen LogP contribution in [0.2, 0.25) is 5.02 Å². The molecule has 2 rings (SSSR count). The van der Waals surface area contributed by atoms with E-state index >= 15 is 0 Å². The van der Waals surface area contributed by atoms with Crippen LogP contribution in [0.3, 0.4) is 0 Å². The van der Waals surface area contributed by atoms with Crippen molar-refractivity contribution in [1.29, 1.82) is 0 Å². The van der Waals surface area contributed by atoms with Crippen LogP contribution in [0.1, 0.15) is 5.69 Å². The summed E-state index contributed by atoms with van der Waals surface area (Å²) in [6, 6.07) is 4.72. The highest BCUT2D eigenvalue weighted by atomic mass is 35.5. The van der Waals surface area contributed by atoms with Gasteiger partial charge in [-0.2, -0.15) is 0 Å². The summed E-state index contributed by atoms with van der Waals surface area (Å²) in [4.78, 5) is 22.2. The van der Waals surface area contributed by atoms with Crippen LogP contribution in [-0.4, -0.2) is 20.9 Å². The lowest BCUT2D eigenvalue weighted by Gasteiger charge is -2.04. The Morgan fingerprint density at radius 2 is 2.17 bits per heavy atom. The minimum Gasteiger partial charge on any atom is -0.481 e. The summed E-state index contributed by atoms with van der Waals surface area (Å²) in [6.45, 7) is 0. The largest absolute Gasteiger partial charge is 0.481 e. The minimum absolute atomic E-state index is 0.0563. The highest BCUT2D eigenvalue weighted by molar-refractivity contribution is 6.32. The summed E-state index contributed by atoms with van der Waals surface area (Å²) < 4.78 is 14.0. The zero-order valence-corrected chi connectivity index (χ0v) is 9.74. The van der Waals surface area contributed by atoms with Crippen molar-refractivity contribution in [3.8, 4) is 5.69 Å². The second kappa shape index (κ2) is 4.66. The molecule has 0 radical (unpaired) electrons. The number of aromatic amines is 1. The molecule has 0 aliphatic heterocycles. The smallest absolute Gasteiger partial charge is 0.309 e. The summed E-state index contributed by atoms with van der Waals surface area (Å²) in [5.74, 6) is -1.58. The second-order valence-electron chi connectivity index (χ2n) is 3.62. The summed E-state index contributed by atoms with van der Waals surface area (Å²) in [5.41, 5.74) is 0.0485. The van der Waals surface area contributed by atoms with Crippen LogP contribution in [0.4, 0.5) is 4.39 Å². The van der Waals surface area contributed by atoms with Gasteiger partial charge in [0.25, 0.3) is 5.56 Å². The van der Waals surface area contributed by atoms with Gasteiger partial charge in [-0.05, 0) is 18.2 Å². The first-order valence-corrected chi connectivity index (χ1v) is 5.33. The standard InChI is InChI=1S/C11H8ClFN2O3/c12-8-3-6(13)1-2-9(8)15-10(16)4-7(14-15)5-11(17)18/h1-4,14H,5H2,(H,17,18). The van der Waals surface area contributed by atoms with Crippen LogP contribution in [0.25, 0.3) is 5.69 Å². The number of halogens is 2. The van der Waals surface area contributed by atoms with E-state index in [1.807, 2.05) is 0 Å². The molecule has 0 fully saturated rings. The molecule has 1 heterocycles. The third-order valence-electron chi connectivity index (χ3n) is 2.27. The Bertz CT molecular complexity index is 663. The molecule has 1 aromatic heterocycles. The van der Waals surface area contributed by atoms with Crippen molar-refractivity contribution in [1.82, 2.24) is 9.78 Å². The molecule has 7 heteroatoms. The molecule has 0 bridgehead atoms. The molecule has 0 aliphatic carbocycles. The molecule has 94 valence electrons. The van der Waals surface area contributed by atoms with Gasteiger partial charge < -0.3 is 5.11 Å². The number of aliphatic carboxylic acids is 1. The minimum atomic E-state index is -1.06. The van der Waals surface area contributed by atoms with Crippen LogP contribution in [-0.2, 0) is 11.2 Å². The van der Waals surface area contributed by atoms with Crippen molar-refractivity contribution in [2.24, 2.45) is 0 Å². The molecule has 0 atom stereocenters. The Balaban J connectivity index is 2.47. The molecule has 0 saturated carbocycles. The van der Waals surface area contributed by atoms with Gasteiger partial charge in [-0.15, -0.1) is 0 Å². The molecule has 0 unspecified atom stereocenters. The molecule has 0 amide bonds. The first-order valence-electron chi connectivity index (χ1n) is 4.95. The van der Waals surface area contributed by atoms with E-state index in [4.69, 9.17) is 16.7 Å². The highest BCUT2D eigenvalue weighted by Crippen LogP contribution is 2.19. The Morgan fingerprint density at radius 1 is 1.44 bits per heavy atom. The number of hydrogen-bond acceptors (Lipinski definition) is 2. The number of carbonyl (C=O) groups is 1. The summed E-state index contributed by atoms with van der Waals surface area (Å²) >= 11 is 5.81. The van der Waals surface area contributed by atoms with Gasteiger partial charge in [-0.25, -0.2) is 9.07 Å². The van der Waals surface area contributed by atoms with E-state index < -0.39 is 17.3 Å². The topological polar surface area (TPSA) is 75.1 Å². The Morgan fingerprint density at radius 3 is 2.78 bits per heavy atom. The van der Waals surface area contributed by atoms with Crippen molar-refractivity contribution in [3.05, 3.63) is 51.2 Å². The molecule has 18 heavy (non-hydrogen) atoms. The Labute approximate surface area is 105 Å². The molecular formula is C11H8ClFN2O3. The molecule has 2 aromatic rings. The number of H-pyrrole nitrogens is 1. The van der Waals surface area contributed by atoms with Gasteiger partial charge in [0.05, 0.1) is 17.1 Å². The van der Waals surface area contributed by atoms with Crippen LogP contribution < -0.4 is 5.56 Å². The molecule has 0 saturated heterocycles. The maximum atomic E-state index is 12.9. The van der Waals surface area contributed by atoms with E-state index in [-0.39, 0.29) is 22.8 Å². The van der Waals surface area contributed by atoms with Crippen molar-refractivity contribution >= 4 is 17.6 Å². The van der Waals surface area contributed by atoms with Gasteiger partial charge >= 0.3 is 5.97 Å². The van der Waals surface area contributed by atoms with Gasteiger partial charge in [-0.3, -0.25) is 14.7 Å².